The normalized spacial score (nSPS) is 23.3. The standard InChI is InChI=1S/C17H22N6O2/c1-22-6-5-18-16(22)15-11(7-14(24)23(15)2)9-19-17(25)13-8-12(20-21-13)10-3-4-10/h5-6,8,10-11,15H,3-4,7,9H2,1-2H3,(H,19,25)(H,20,21)/t11-,15+/m0/s1. The molecule has 8 nitrogen and oxygen atoms in total. The van der Waals surface area contributed by atoms with Crippen LogP contribution >= 0.6 is 0 Å². The molecular weight excluding hydrogens is 320 g/mol. The highest BCUT2D eigenvalue weighted by atomic mass is 16.2. The molecule has 1 aliphatic carbocycles. The van der Waals surface area contributed by atoms with Crippen LogP contribution in [0.1, 0.15) is 53.2 Å². The van der Waals surface area contributed by atoms with Gasteiger partial charge < -0.3 is 14.8 Å². The molecule has 2 amide bonds. The molecule has 2 N–H and O–H groups in total. The second kappa shape index (κ2) is 6.02. The molecule has 3 heterocycles. The van der Waals surface area contributed by atoms with Gasteiger partial charge in [0, 0.05) is 57.0 Å². The third-order valence-corrected chi connectivity index (χ3v) is 5.19. The van der Waals surface area contributed by atoms with Gasteiger partial charge in [0.05, 0.1) is 6.04 Å². The molecule has 0 unspecified atom stereocenters. The highest BCUT2D eigenvalue weighted by molar-refractivity contribution is 5.92. The highest BCUT2D eigenvalue weighted by Crippen LogP contribution is 2.39. The van der Waals surface area contributed by atoms with E-state index in [2.05, 4.69) is 20.5 Å². The Kier molecular flexibility index (Phi) is 3.82. The molecule has 132 valence electrons. The molecule has 0 bridgehead atoms. The Morgan fingerprint density at radius 1 is 1.40 bits per heavy atom. The smallest absolute Gasteiger partial charge is 0.271 e. The summed E-state index contributed by atoms with van der Waals surface area (Å²) in [5.74, 6) is 1.22. The van der Waals surface area contributed by atoms with E-state index in [4.69, 9.17) is 0 Å². The van der Waals surface area contributed by atoms with Crippen molar-refractivity contribution in [2.75, 3.05) is 13.6 Å². The molecule has 0 aromatic carbocycles. The zero-order valence-corrected chi connectivity index (χ0v) is 14.4. The van der Waals surface area contributed by atoms with Crippen LogP contribution in [0.25, 0.3) is 0 Å². The van der Waals surface area contributed by atoms with Gasteiger partial charge in [-0.2, -0.15) is 5.10 Å². The average Bonchev–Trinajstić information content (AvgIpc) is 3.05. The van der Waals surface area contributed by atoms with Crippen LogP contribution in [-0.2, 0) is 11.8 Å². The number of rotatable bonds is 5. The average molecular weight is 342 g/mol. The number of amides is 2. The fourth-order valence-electron chi connectivity index (χ4n) is 3.55. The van der Waals surface area contributed by atoms with Crippen LogP contribution in [-0.4, -0.2) is 50.1 Å². The van der Waals surface area contributed by atoms with Crippen LogP contribution in [0, 0.1) is 5.92 Å². The van der Waals surface area contributed by atoms with Crippen LogP contribution in [0.3, 0.4) is 0 Å². The molecule has 1 saturated heterocycles. The van der Waals surface area contributed by atoms with E-state index in [1.807, 2.05) is 23.9 Å². The van der Waals surface area contributed by atoms with Gasteiger partial charge in [-0.25, -0.2) is 4.98 Å². The number of carbonyl (C=O) groups is 2. The summed E-state index contributed by atoms with van der Waals surface area (Å²) in [6.07, 6.45) is 6.31. The number of hydrogen-bond acceptors (Lipinski definition) is 4. The minimum Gasteiger partial charge on any atom is -0.350 e. The molecule has 2 fully saturated rings. The number of carbonyl (C=O) groups excluding carboxylic acids is 2. The molecule has 2 aromatic rings. The second-order valence-corrected chi connectivity index (χ2v) is 7.00. The van der Waals surface area contributed by atoms with Gasteiger partial charge >= 0.3 is 0 Å². The number of aromatic amines is 1. The number of H-pyrrole nitrogens is 1. The Balaban J connectivity index is 1.44. The third kappa shape index (κ3) is 2.92. The van der Waals surface area contributed by atoms with Crippen LogP contribution < -0.4 is 5.32 Å². The molecule has 0 radical (unpaired) electrons. The van der Waals surface area contributed by atoms with Gasteiger partial charge in [0.2, 0.25) is 5.91 Å². The van der Waals surface area contributed by atoms with Crippen molar-refractivity contribution in [1.82, 2.24) is 30.0 Å². The zero-order valence-electron chi connectivity index (χ0n) is 14.4. The van der Waals surface area contributed by atoms with Crippen molar-refractivity contribution in [3.63, 3.8) is 0 Å². The monoisotopic (exact) mass is 342 g/mol. The Hall–Kier alpha value is -2.64. The van der Waals surface area contributed by atoms with Crippen molar-refractivity contribution in [3.8, 4) is 0 Å². The van der Waals surface area contributed by atoms with Crippen molar-refractivity contribution in [3.05, 3.63) is 35.7 Å². The van der Waals surface area contributed by atoms with Gasteiger partial charge in [-0.3, -0.25) is 14.7 Å². The topological polar surface area (TPSA) is 95.9 Å². The lowest BCUT2D eigenvalue weighted by molar-refractivity contribution is -0.127. The van der Waals surface area contributed by atoms with Gasteiger partial charge in [0.15, 0.2) is 0 Å². The first-order valence-corrected chi connectivity index (χ1v) is 8.61. The molecular formula is C17H22N6O2. The van der Waals surface area contributed by atoms with Gasteiger partial charge in [-0.15, -0.1) is 0 Å². The van der Waals surface area contributed by atoms with E-state index in [1.54, 1.807) is 18.1 Å². The van der Waals surface area contributed by atoms with Crippen LogP contribution in [0.2, 0.25) is 0 Å². The Morgan fingerprint density at radius 3 is 2.88 bits per heavy atom. The largest absolute Gasteiger partial charge is 0.350 e. The van der Waals surface area contributed by atoms with Gasteiger partial charge in [-0.1, -0.05) is 0 Å². The van der Waals surface area contributed by atoms with Gasteiger partial charge in [0.25, 0.3) is 5.91 Å². The Bertz CT molecular complexity index is 806. The molecule has 1 aliphatic heterocycles. The quantitative estimate of drug-likeness (QED) is 0.846. The number of likely N-dealkylation sites (tertiary alicyclic amines) is 1. The summed E-state index contributed by atoms with van der Waals surface area (Å²) >= 11 is 0. The summed E-state index contributed by atoms with van der Waals surface area (Å²) in [6, 6.07) is 1.70. The summed E-state index contributed by atoms with van der Waals surface area (Å²) in [4.78, 5) is 30.6. The van der Waals surface area contributed by atoms with Crippen LogP contribution in [0.15, 0.2) is 18.5 Å². The van der Waals surface area contributed by atoms with Crippen molar-refractivity contribution >= 4 is 11.8 Å². The highest BCUT2D eigenvalue weighted by Gasteiger charge is 2.40. The molecule has 2 aromatic heterocycles. The van der Waals surface area contributed by atoms with Crippen molar-refractivity contribution < 1.29 is 9.59 Å². The number of hydrogen-bond donors (Lipinski definition) is 2. The first-order valence-electron chi connectivity index (χ1n) is 8.61. The summed E-state index contributed by atoms with van der Waals surface area (Å²) < 4.78 is 1.92. The molecule has 4 rings (SSSR count). The van der Waals surface area contributed by atoms with Crippen LogP contribution in [0.4, 0.5) is 0 Å². The predicted octanol–water partition coefficient (Wildman–Crippen LogP) is 0.970. The van der Waals surface area contributed by atoms with Gasteiger partial charge in [-0.05, 0) is 18.9 Å². The fraction of sp³-hybridized carbons (Fsp3) is 0.529. The first-order chi connectivity index (χ1) is 12.0. The Labute approximate surface area is 145 Å². The lowest BCUT2D eigenvalue weighted by Crippen LogP contribution is -2.33. The van der Waals surface area contributed by atoms with Crippen molar-refractivity contribution in [2.45, 2.75) is 31.2 Å². The maximum Gasteiger partial charge on any atom is 0.271 e. The summed E-state index contributed by atoms with van der Waals surface area (Å²) in [5, 5.41) is 9.98. The summed E-state index contributed by atoms with van der Waals surface area (Å²) in [5.41, 5.74) is 1.44. The SMILES string of the molecule is CN1C(=O)C[C@@H](CNC(=O)c2cc(C3CC3)[nH]n2)[C@@H]1c1nccn1C. The minimum atomic E-state index is -0.205. The number of nitrogens with zero attached hydrogens (tertiary/aromatic N) is 4. The maximum absolute atomic E-state index is 12.4. The van der Waals surface area contributed by atoms with E-state index in [0.29, 0.717) is 24.6 Å². The van der Waals surface area contributed by atoms with E-state index in [1.165, 1.54) is 0 Å². The molecule has 8 heteroatoms. The second-order valence-electron chi connectivity index (χ2n) is 7.00. The lowest BCUT2D eigenvalue weighted by Gasteiger charge is -2.24. The molecule has 1 saturated carbocycles. The van der Waals surface area contributed by atoms with Gasteiger partial charge in [0.1, 0.15) is 11.5 Å². The van der Waals surface area contributed by atoms with E-state index in [9.17, 15) is 9.59 Å². The third-order valence-electron chi connectivity index (χ3n) is 5.19. The maximum atomic E-state index is 12.4. The number of imidazole rings is 1. The number of aryl methyl sites for hydroxylation is 1. The molecule has 2 atom stereocenters. The van der Waals surface area contributed by atoms with E-state index in [-0.39, 0.29) is 23.8 Å². The predicted molar refractivity (Wildman–Crippen MR) is 89.7 cm³/mol. The summed E-state index contributed by atoms with van der Waals surface area (Å²) in [6.45, 7) is 0.415. The molecule has 2 aliphatic rings. The molecule has 25 heavy (non-hydrogen) atoms. The minimum absolute atomic E-state index is 0.00982. The van der Waals surface area contributed by atoms with Crippen LogP contribution in [0.5, 0.6) is 0 Å². The number of aromatic nitrogens is 4. The first kappa shape index (κ1) is 15.9. The fourth-order valence-corrected chi connectivity index (χ4v) is 3.55. The van der Waals surface area contributed by atoms with E-state index < -0.39 is 0 Å². The van der Waals surface area contributed by atoms with Crippen molar-refractivity contribution in [2.24, 2.45) is 13.0 Å². The number of nitrogens with one attached hydrogen (secondary N) is 2. The zero-order chi connectivity index (χ0) is 17.6. The lowest BCUT2D eigenvalue weighted by atomic mass is 9.99. The van der Waals surface area contributed by atoms with Crippen molar-refractivity contribution in [1.29, 1.82) is 0 Å². The Morgan fingerprint density at radius 2 is 2.20 bits per heavy atom. The van der Waals surface area contributed by atoms with E-state index >= 15 is 0 Å². The van der Waals surface area contributed by atoms with E-state index in [0.717, 1.165) is 24.4 Å². The molecule has 0 spiro atoms. The summed E-state index contributed by atoms with van der Waals surface area (Å²) in [7, 11) is 3.71.